The van der Waals surface area contributed by atoms with Crippen LogP contribution in [0.5, 0.6) is 0 Å². The summed E-state index contributed by atoms with van der Waals surface area (Å²) in [6, 6.07) is 0. The number of carboxylic acids is 1. The second kappa shape index (κ2) is 4.61. The van der Waals surface area contributed by atoms with Crippen LogP contribution >= 0.6 is 0 Å². The van der Waals surface area contributed by atoms with Gasteiger partial charge in [0.1, 0.15) is 0 Å². The molecule has 78 valence electrons. The highest BCUT2D eigenvalue weighted by atomic mass is 16.4. The summed E-state index contributed by atoms with van der Waals surface area (Å²) in [4.78, 5) is 10.8. The van der Waals surface area contributed by atoms with Gasteiger partial charge < -0.3 is 15.0 Å². The van der Waals surface area contributed by atoms with Gasteiger partial charge in [0.05, 0.1) is 6.10 Å². The molecule has 0 aliphatic heterocycles. The van der Waals surface area contributed by atoms with Crippen molar-refractivity contribution in [1.82, 2.24) is 0 Å². The Bertz CT molecular complexity index is 167. The van der Waals surface area contributed by atoms with Crippen LogP contribution in [0.1, 0.15) is 40.5 Å². The minimum Gasteiger partial charge on any atom is -0.550 e. The van der Waals surface area contributed by atoms with E-state index in [1.54, 1.807) is 6.92 Å². The molecule has 0 amide bonds. The van der Waals surface area contributed by atoms with Crippen LogP contribution in [0.2, 0.25) is 0 Å². The van der Waals surface area contributed by atoms with E-state index in [0.717, 1.165) is 0 Å². The molecule has 1 N–H and O–H groups in total. The lowest BCUT2D eigenvalue weighted by molar-refractivity contribution is -0.315. The highest BCUT2D eigenvalue weighted by molar-refractivity contribution is 5.68. The lowest BCUT2D eigenvalue weighted by Gasteiger charge is -2.31. The van der Waals surface area contributed by atoms with Gasteiger partial charge in [0.15, 0.2) is 0 Å². The zero-order chi connectivity index (χ0) is 10.6. The van der Waals surface area contributed by atoms with E-state index >= 15 is 0 Å². The van der Waals surface area contributed by atoms with Crippen LogP contribution in [-0.4, -0.2) is 17.2 Å². The number of rotatable bonds is 4. The molecule has 0 rings (SSSR count). The van der Waals surface area contributed by atoms with E-state index in [4.69, 9.17) is 5.11 Å². The molecule has 0 saturated heterocycles. The van der Waals surface area contributed by atoms with Crippen molar-refractivity contribution < 1.29 is 15.0 Å². The van der Waals surface area contributed by atoms with E-state index in [-0.39, 0.29) is 5.41 Å². The second-order valence-corrected chi connectivity index (χ2v) is 4.66. The fourth-order valence-corrected chi connectivity index (χ4v) is 1.31. The molecule has 0 aromatic heterocycles. The van der Waals surface area contributed by atoms with Crippen LogP contribution in [0.4, 0.5) is 0 Å². The van der Waals surface area contributed by atoms with E-state index in [9.17, 15) is 9.90 Å². The third kappa shape index (κ3) is 4.88. The number of carbonyl (C=O) groups is 1. The average Bonchev–Trinajstić information content (AvgIpc) is 1.81. The first-order chi connectivity index (χ1) is 5.75. The average molecular weight is 187 g/mol. The quantitative estimate of drug-likeness (QED) is 0.699. The minimum absolute atomic E-state index is 0.298. The molecule has 0 spiro atoms. The predicted molar refractivity (Wildman–Crippen MR) is 48.9 cm³/mol. The number of aliphatic hydroxyl groups is 1. The van der Waals surface area contributed by atoms with Crippen molar-refractivity contribution in [2.45, 2.75) is 46.6 Å². The molecule has 0 aromatic rings. The smallest absolute Gasteiger partial charge is 0.0512 e. The maximum atomic E-state index is 10.8. The van der Waals surface area contributed by atoms with Gasteiger partial charge in [-0.2, -0.15) is 0 Å². The van der Waals surface area contributed by atoms with Crippen LogP contribution in [0, 0.1) is 11.3 Å². The molecular weight excluding hydrogens is 168 g/mol. The Morgan fingerprint density at radius 3 is 2.08 bits per heavy atom. The SMILES string of the molecule is CC(O)CCC(C(=O)[O-])C(C)(C)C. The lowest BCUT2D eigenvalue weighted by atomic mass is 9.78. The summed E-state index contributed by atoms with van der Waals surface area (Å²) in [5.41, 5.74) is -0.298. The van der Waals surface area contributed by atoms with Crippen molar-refractivity contribution in [1.29, 1.82) is 0 Å². The summed E-state index contributed by atoms with van der Waals surface area (Å²) in [5.74, 6) is -1.50. The molecule has 2 unspecified atom stereocenters. The largest absolute Gasteiger partial charge is 0.550 e. The van der Waals surface area contributed by atoms with Crippen molar-refractivity contribution in [2.24, 2.45) is 11.3 Å². The summed E-state index contributed by atoms with van der Waals surface area (Å²) in [7, 11) is 0. The van der Waals surface area contributed by atoms with Crippen molar-refractivity contribution >= 4 is 5.97 Å². The molecule has 0 bridgehead atoms. The number of hydrogen-bond donors (Lipinski definition) is 1. The Labute approximate surface area is 79.8 Å². The molecule has 2 atom stereocenters. The fraction of sp³-hybridized carbons (Fsp3) is 0.900. The number of carbonyl (C=O) groups excluding carboxylic acids is 1. The Balaban J connectivity index is 4.20. The zero-order valence-electron chi connectivity index (χ0n) is 8.83. The predicted octanol–water partition coefficient (Wildman–Crippen LogP) is 0.560. The molecule has 0 aliphatic carbocycles. The van der Waals surface area contributed by atoms with Crippen LogP contribution in [-0.2, 0) is 4.79 Å². The van der Waals surface area contributed by atoms with Crippen LogP contribution in [0.25, 0.3) is 0 Å². The first-order valence-electron chi connectivity index (χ1n) is 4.64. The highest BCUT2D eigenvalue weighted by Gasteiger charge is 2.25. The van der Waals surface area contributed by atoms with Gasteiger partial charge in [-0.1, -0.05) is 20.8 Å². The summed E-state index contributed by atoms with van der Waals surface area (Å²) in [6.45, 7) is 7.27. The number of aliphatic hydroxyl groups excluding tert-OH is 1. The maximum absolute atomic E-state index is 10.8. The molecular formula is C10H19O3-. The van der Waals surface area contributed by atoms with E-state index in [2.05, 4.69) is 0 Å². The Hall–Kier alpha value is -0.570. The number of carboxylic acid groups (broad SMARTS) is 1. The third-order valence-electron chi connectivity index (χ3n) is 2.20. The van der Waals surface area contributed by atoms with Crippen molar-refractivity contribution in [3.05, 3.63) is 0 Å². The van der Waals surface area contributed by atoms with Gasteiger partial charge in [0.25, 0.3) is 0 Å². The van der Waals surface area contributed by atoms with Gasteiger partial charge >= 0.3 is 0 Å². The first-order valence-corrected chi connectivity index (χ1v) is 4.64. The maximum Gasteiger partial charge on any atom is 0.0512 e. The molecule has 0 fully saturated rings. The normalized spacial score (nSPS) is 16.7. The molecule has 0 heterocycles. The number of aliphatic carboxylic acids is 1. The minimum atomic E-state index is -1.02. The van der Waals surface area contributed by atoms with Crippen molar-refractivity contribution in [2.75, 3.05) is 0 Å². The van der Waals surface area contributed by atoms with Crippen LogP contribution in [0.15, 0.2) is 0 Å². The first kappa shape index (κ1) is 12.4. The van der Waals surface area contributed by atoms with E-state index < -0.39 is 18.0 Å². The highest BCUT2D eigenvalue weighted by Crippen LogP contribution is 2.29. The standard InChI is InChI=1S/C10H20O3/c1-7(11)5-6-8(9(12)13)10(2,3)4/h7-8,11H,5-6H2,1-4H3,(H,12,13)/p-1. The van der Waals surface area contributed by atoms with Crippen molar-refractivity contribution in [3.8, 4) is 0 Å². The summed E-state index contributed by atoms with van der Waals surface area (Å²) in [5, 5.41) is 19.8. The number of hydrogen-bond acceptors (Lipinski definition) is 3. The molecule has 0 radical (unpaired) electrons. The van der Waals surface area contributed by atoms with Gasteiger partial charge in [0.2, 0.25) is 0 Å². The van der Waals surface area contributed by atoms with Crippen LogP contribution < -0.4 is 5.11 Å². The van der Waals surface area contributed by atoms with Gasteiger partial charge in [-0.25, -0.2) is 0 Å². The summed E-state index contributed by atoms with van der Waals surface area (Å²) >= 11 is 0. The molecule has 0 saturated carbocycles. The van der Waals surface area contributed by atoms with Gasteiger partial charge in [0, 0.05) is 11.9 Å². The van der Waals surface area contributed by atoms with Gasteiger partial charge in [-0.3, -0.25) is 0 Å². The molecule has 3 nitrogen and oxygen atoms in total. The topological polar surface area (TPSA) is 60.4 Å². The second-order valence-electron chi connectivity index (χ2n) is 4.66. The zero-order valence-corrected chi connectivity index (χ0v) is 8.83. The van der Waals surface area contributed by atoms with E-state index in [0.29, 0.717) is 12.8 Å². The van der Waals surface area contributed by atoms with E-state index in [1.807, 2.05) is 20.8 Å². The van der Waals surface area contributed by atoms with Gasteiger partial charge in [-0.15, -0.1) is 0 Å². The van der Waals surface area contributed by atoms with Crippen LogP contribution in [0.3, 0.4) is 0 Å². The Morgan fingerprint density at radius 2 is 1.85 bits per heavy atom. The summed E-state index contributed by atoms with van der Waals surface area (Å²) in [6.07, 6.45) is 0.545. The molecule has 0 aliphatic rings. The monoisotopic (exact) mass is 187 g/mol. The third-order valence-corrected chi connectivity index (χ3v) is 2.20. The molecule has 0 aromatic carbocycles. The summed E-state index contributed by atoms with van der Waals surface area (Å²) < 4.78 is 0. The molecule has 13 heavy (non-hydrogen) atoms. The molecule has 3 heteroatoms. The lowest BCUT2D eigenvalue weighted by Crippen LogP contribution is -2.39. The Kier molecular flexibility index (Phi) is 4.40. The Morgan fingerprint density at radius 1 is 1.38 bits per heavy atom. The van der Waals surface area contributed by atoms with Crippen molar-refractivity contribution in [3.63, 3.8) is 0 Å². The fourth-order valence-electron chi connectivity index (χ4n) is 1.31. The van der Waals surface area contributed by atoms with Gasteiger partial charge in [-0.05, 0) is 25.2 Å². The van der Waals surface area contributed by atoms with E-state index in [1.165, 1.54) is 0 Å².